The number of nitrogens with zero attached hydrogens (tertiary/aromatic N) is 3. The summed E-state index contributed by atoms with van der Waals surface area (Å²) in [7, 11) is 3.40. The SMILES string of the molecule is Cc1ccc(Cn2nc(C(=O)Nc3ccc(C(=O)N(C)C)cc3)cc2C)cc1. The number of benzene rings is 2. The number of aromatic nitrogens is 2. The second-order valence-corrected chi connectivity index (χ2v) is 7.05. The van der Waals surface area contributed by atoms with Crippen LogP contribution >= 0.6 is 0 Å². The van der Waals surface area contributed by atoms with Crippen LogP contribution in [0.5, 0.6) is 0 Å². The molecule has 1 heterocycles. The maximum Gasteiger partial charge on any atom is 0.276 e. The molecule has 0 saturated carbocycles. The van der Waals surface area contributed by atoms with E-state index in [2.05, 4.69) is 34.7 Å². The van der Waals surface area contributed by atoms with Gasteiger partial charge in [-0.25, -0.2) is 0 Å². The smallest absolute Gasteiger partial charge is 0.276 e. The van der Waals surface area contributed by atoms with Crippen LogP contribution in [0.1, 0.15) is 37.7 Å². The molecule has 28 heavy (non-hydrogen) atoms. The summed E-state index contributed by atoms with van der Waals surface area (Å²) in [5.74, 6) is -0.360. The van der Waals surface area contributed by atoms with E-state index >= 15 is 0 Å². The lowest BCUT2D eigenvalue weighted by atomic mass is 10.1. The van der Waals surface area contributed by atoms with E-state index in [1.54, 1.807) is 44.4 Å². The Morgan fingerprint density at radius 1 is 1.00 bits per heavy atom. The lowest BCUT2D eigenvalue weighted by Crippen LogP contribution is -2.21. The van der Waals surface area contributed by atoms with Gasteiger partial charge in [-0.05, 0) is 49.7 Å². The first-order valence-electron chi connectivity index (χ1n) is 9.06. The predicted octanol–water partition coefficient (Wildman–Crippen LogP) is 3.50. The Balaban J connectivity index is 1.69. The second kappa shape index (κ2) is 8.08. The zero-order chi connectivity index (χ0) is 20.3. The molecule has 1 N–H and O–H groups in total. The number of hydrogen-bond donors (Lipinski definition) is 1. The van der Waals surface area contributed by atoms with E-state index in [4.69, 9.17) is 0 Å². The topological polar surface area (TPSA) is 67.2 Å². The quantitative estimate of drug-likeness (QED) is 0.741. The predicted molar refractivity (Wildman–Crippen MR) is 110 cm³/mol. The van der Waals surface area contributed by atoms with Gasteiger partial charge in [0.15, 0.2) is 5.69 Å². The Morgan fingerprint density at radius 2 is 1.64 bits per heavy atom. The van der Waals surface area contributed by atoms with Crippen LogP contribution in [-0.4, -0.2) is 40.6 Å². The zero-order valence-corrected chi connectivity index (χ0v) is 16.6. The monoisotopic (exact) mass is 376 g/mol. The van der Waals surface area contributed by atoms with Crippen LogP contribution in [0.25, 0.3) is 0 Å². The Labute approximate surface area is 164 Å². The Kier molecular flexibility index (Phi) is 5.59. The van der Waals surface area contributed by atoms with Gasteiger partial charge in [0, 0.05) is 31.0 Å². The van der Waals surface area contributed by atoms with Gasteiger partial charge >= 0.3 is 0 Å². The number of carbonyl (C=O) groups is 2. The molecule has 0 fully saturated rings. The first kappa shape index (κ1) is 19.4. The molecule has 0 saturated heterocycles. The molecule has 0 radical (unpaired) electrons. The van der Waals surface area contributed by atoms with E-state index in [1.807, 2.05) is 18.5 Å². The molecule has 2 amide bonds. The molecular weight excluding hydrogens is 352 g/mol. The largest absolute Gasteiger partial charge is 0.345 e. The third-order valence-corrected chi connectivity index (χ3v) is 4.46. The van der Waals surface area contributed by atoms with Crippen molar-refractivity contribution in [1.82, 2.24) is 14.7 Å². The fourth-order valence-electron chi connectivity index (χ4n) is 2.80. The van der Waals surface area contributed by atoms with Crippen molar-refractivity contribution < 1.29 is 9.59 Å². The molecular formula is C22H24N4O2. The molecule has 0 atom stereocenters. The Morgan fingerprint density at radius 3 is 2.25 bits per heavy atom. The average molecular weight is 376 g/mol. The van der Waals surface area contributed by atoms with Crippen molar-refractivity contribution in [3.8, 4) is 0 Å². The molecule has 0 aliphatic rings. The van der Waals surface area contributed by atoms with Crippen LogP contribution in [0, 0.1) is 13.8 Å². The van der Waals surface area contributed by atoms with Gasteiger partial charge in [0.05, 0.1) is 6.54 Å². The third kappa shape index (κ3) is 4.46. The molecule has 0 unspecified atom stereocenters. The van der Waals surface area contributed by atoms with E-state index in [0.717, 1.165) is 11.3 Å². The van der Waals surface area contributed by atoms with Gasteiger partial charge in [-0.2, -0.15) is 5.10 Å². The van der Waals surface area contributed by atoms with Gasteiger partial charge < -0.3 is 10.2 Å². The van der Waals surface area contributed by atoms with Crippen molar-refractivity contribution >= 4 is 17.5 Å². The minimum atomic E-state index is -0.280. The number of aryl methyl sites for hydroxylation is 2. The van der Waals surface area contributed by atoms with Gasteiger partial charge in [0.1, 0.15) is 0 Å². The summed E-state index contributed by atoms with van der Waals surface area (Å²) >= 11 is 0. The maximum absolute atomic E-state index is 12.5. The van der Waals surface area contributed by atoms with Crippen molar-refractivity contribution in [3.05, 3.63) is 82.7 Å². The number of amides is 2. The molecule has 2 aromatic carbocycles. The zero-order valence-electron chi connectivity index (χ0n) is 16.6. The van der Waals surface area contributed by atoms with Crippen molar-refractivity contribution in [2.45, 2.75) is 20.4 Å². The third-order valence-electron chi connectivity index (χ3n) is 4.46. The van der Waals surface area contributed by atoms with E-state index in [-0.39, 0.29) is 11.8 Å². The van der Waals surface area contributed by atoms with Crippen LogP contribution < -0.4 is 5.32 Å². The minimum Gasteiger partial charge on any atom is -0.345 e. The van der Waals surface area contributed by atoms with Gasteiger partial charge in [0.25, 0.3) is 11.8 Å². The molecule has 0 bridgehead atoms. The maximum atomic E-state index is 12.5. The van der Waals surface area contributed by atoms with Crippen molar-refractivity contribution in [2.24, 2.45) is 0 Å². The van der Waals surface area contributed by atoms with E-state index in [1.165, 1.54) is 10.5 Å². The molecule has 144 valence electrons. The van der Waals surface area contributed by atoms with Gasteiger partial charge in [0.2, 0.25) is 0 Å². The van der Waals surface area contributed by atoms with Crippen LogP contribution in [0.3, 0.4) is 0 Å². The minimum absolute atomic E-state index is 0.0802. The van der Waals surface area contributed by atoms with Crippen molar-refractivity contribution in [1.29, 1.82) is 0 Å². The highest BCUT2D eigenvalue weighted by atomic mass is 16.2. The van der Waals surface area contributed by atoms with Crippen LogP contribution in [0.4, 0.5) is 5.69 Å². The summed E-state index contributed by atoms with van der Waals surface area (Å²) in [6.07, 6.45) is 0. The van der Waals surface area contributed by atoms with E-state index < -0.39 is 0 Å². The Bertz CT molecular complexity index is 986. The van der Waals surface area contributed by atoms with E-state index in [0.29, 0.717) is 23.5 Å². The van der Waals surface area contributed by atoms with Gasteiger partial charge in [-0.15, -0.1) is 0 Å². The van der Waals surface area contributed by atoms with E-state index in [9.17, 15) is 9.59 Å². The highest BCUT2D eigenvalue weighted by Gasteiger charge is 2.14. The highest BCUT2D eigenvalue weighted by Crippen LogP contribution is 2.14. The van der Waals surface area contributed by atoms with Gasteiger partial charge in [-0.3, -0.25) is 14.3 Å². The fraction of sp³-hybridized carbons (Fsp3) is 0.227. The summed E-state index contributed by atoms with van der Waals surface area (Å²) in [6, 6.07) is 16.8. The normalized spacial score (nSPS) is 10.6. The number of nitrogens with one attached hydrogen (secondary N) is 1. The van der Waals surface area contributed by atoms with Crippen LogP contribution in [-0.2, 0) is 6.54 Å². The molecule has 1 aromatic heterocycles. The summed E-state index contributed by atoms with van der Waals surface area (Å²) in [5.41, 5.74) is 4.80. The lowest BCUT2D eigenvalue weighted by molar-refractivity contribution is 0.0827. The molecule has 0 spiro atoms. The summed E-state index contributed by atoms with van der Waals surface area (Å²) in [6.45, 7) is 4.59. The summed E-state index contributed by atoms with van der Waals surface area (Å²) in [4.78, 5) is 26.0. The molecule has 6 nitrogen and oxygen atoms in total. The summed E-state index contributed by atoms with van der Waals surface area (Å²) < 4.78 is 1.82. The Hall–Kier alpha value is -3.41. The van der Waals surface area contributed by atoms with Gasteiger partial charge in [-0.1, -0.05) is 29.8 Å². The number of carbonyl (C=O) groups excluding carboxylic acids is 2. The molecule has 3 rings (SSSR count). The second-order valence-electron chi connectivity index (χ2n) is 7.05. The number of rotatable bonds is 5. The molecule has 0 aliphatic heterocycles. The molecule has 6 heteroatoms. The highest BCUT2D eigenvalue weighted by molar-refractivity contribution is 6.03. The average Bonchev–Trinajstić information content (AvgIpc) is 3.04. The first-order chi connectivity index (χ1) is 13.3. The molecule has 3 aromatic rings. The number of hydrogen-bond acceptors (Lipinski definition) is 3. The number of anilines is 1. The van der Waals surface area contributed by atoms with Crippen LogP contribution in [0.15, 0.2) is 54.6 Å². The fourth-order valence-corrected chi connectivity index (χ4v) is 2.80. The standard InChI is InChI=1S/C22H24N4O2/c1-15-5-7-17(8-6-15)14-26-16(2)13-20(24-26)21(27)23-19-11-9-18(10-12-19)22(28)25(3)4/h5-13H,14H2,1-4H3,(H,23,27). The van der Waals surface area contributed by atoms with Crippen molar-refractivity contribution in [3.63, 3.8) is 0 Å². The summed E-state index contributed by atoms with van der Waals surface area (Å²) in [5, 5.41) is 7.26. The van der Waals surface area contributed by atoms with Crippen molar-refractivity contribution in [2.75, 3.05) is 19.4 Å². The molecule has 0 aliphatic carbocycles. The lowest BCUT2D eigenvalue weighted by Gasteiger charge is -2.10. The van der Waals surface area contributed by atoms with Crippen LogP contribution in [0.2, 0.25) is 0 Å². The first-order valence-corrected chi connectivity index (χ1v) is 9.06.